The third-order valence-corrected chi connectivity index (χ3v) is 3.84. The Labute approximate surface area is 136 Å². The van der Waals surface area contributed by atoms with E-state index in [1.807, 2.05) is 30.3 Å². The predicted molar refractivity (Wildman–Crippen MR) is 93.1 cm³/mol. The summed E-state index contributed by atoms with van der Waals surface area (Å²) < 4.78 is 0. The van der Waals surface area contributed by atoms with Crippen LogP contribution in [0.25, 0.3) is 0 Å². The fraction of sp³-hybridized carbons (Fsp3) is 0.100. The van der Waals surface area contributed by atoms with E-state index in [4.69, 9.17) is 11.6 Å². The fourth-order valence-electron chi connectivity index (χ4n) is 2.47. The molecule has 2 heteroatoms. The van der Waals surface area contributed by atoms with Gasteiger partial charge >= 0.3 is 0 Å². The lowest BCUT2D eigenvalue weighted by Gasteiger charge is -2.26. The summed E-state index contributed by atoms with van der Waals surface area (Å²) in [6.45, 7) is 1.60. The summed E-state index contributed by atoms with van der Waals surface area (Å²) in [4.78, 5) is 2.26. The predicted octanol–water partition coefficient (Wildman–Crippen LogP) is 5.35. The molecule has 0 spiro atoms. The van der Waals surface area contributed by atoms with E-state index in [-0.39, 0.29) is 0 Å². The molecule has 0 saturated carbocycles. The Kier molecular flexibility index (Phi) is 4.77. The Bertz CT molecular complexity index is 669. The number of hydrogen-bond donors (Lipinski definition) is 0. The van der Waals surface area contributed by atoms with E-state index in [0.717, 1.165) is 23.8 Å². The van der Waals surface area contributed by atoms with E-state index in [2.05, 4.69) is 59.5 Å². The van der Waals surface area contributed by atoms with E-state index < -0.39 is 0 Å². The van der Waals surface area contributed by atoms with E-state index in [9.17, 15) is 0 Å². The second kappa shape index (κ2) is 7.15. The van der Waals surface area contributed by atoms with Crippen LogP contribution >= 0.6 is 11.6 Å². The Morgan fingerprint density at radius 1 is 0.727 bits per heavy atom. The Morgan fingerprint density at radius 3 is 1.77 bits per heavy atom. The van der Waals surface area contributed by atoms with Crippen LogP contribution in [-0.4, -0.2) is 0 Å². The molecule has 0 aromatic heterocycles. The largest absolute Gasteiger partial charge is 0.361 e. The standard InChI is InChI=1S/C20H17ClN/c21-19-13-7-8-14-20(19)22(15-17-9-3-1-4-10-17)16-18-11-5-2-6-12-18/h1-13H,15-16H2. The maximum absolute atomic E-state index is 6.38. The molecular weight excluding hydrogens is 290 g/mol. The van der Waals surface area contributed by atoms with Crippen molar-refractivity contribution in [3.63, 3.8) is 0 Å². The van der Waals surface area contributed by atoms with Gasteiger partial charge in [-0.1, -0.05) is 84.4 Å². The molecule has 0 amide bonds. The lowest BCUT2D eigenvalue weighted by Crippen LogP contribution is -2.22. The third kappa shape index (κ3) is 3.69. The Hall–Kier alpha value is -2.25. The molecule has 0 aliphatic heterocycles. The van der Waals surface area contributed by atoms with Gasteiger partial charge in [0.15, 0.2) is 0 Å². The zero-order chi connectivity index (χ0) is 15.2. The Morgan fingerprint density at radius 2 is 1.27 bits per heavy atom. The van der Waals surface area contributed by atoms with Crippen molar-refractivity contribution in [2.45, 2.75) is 13.1 Å². The highest BCUT2D eigenvalue weighted by atomic mass is 35.5. The molecule has 0 bridgehead atoms. The molecule has 3 rings (SSSR count). The van der Waals surface area contributed by atoms with Crippen molar-refractivity contribution in [3.05, 3.63) is 101 Å². The van der Waals surface area contributed by atoms with Crippen LogP contribution in [-0.2, 0) is 13.1 Å². The number of benzene rings is 3. The van der Waals surface area contributed by atoms with E-state index in [0.29, 0.717) is 0 Å². The molecule has 3 aromatic carbocycles. The van der Waals surface area contributed by atoms with Crippen molar-refractivity contribution in [1.29, 1.82) is 0 Å². The zero-order valence-corrected chi connectivity index (χ0v) is 13.0. The van der Waals surface area contributed by atoms with Gasteiger partial charge in [0.1, 0.15) is 0 Å². The molecule has 0 atom stereocenters. The van der Waals surface area contributed by atoms with Crippen LogP contribution in [0.4, 0.5) is 5.69 Å². The van der Waals surface area contributed by atoms with E-state index in [1.165, 1.54) is 11.1 Å². The molecule has 1 nitrogen and oxygen atoms in total. The first-order chi connectivity index (χ1) is 10.8. The van der Waals surface area contributed by atoms with Gasteiger partial charge in [-0.2, -0.15) is 0 Å². The molecule has 0 unspecified atom stereocenters. The summed E-state index contributed by atoms with van der Waals surface area (Å²) >= 11 is 6.38. The quantitative estimate of drug-likeness (QED) is 0.614. The first kappa shape index (κ1) is 14.7. The second-order valence-electron chi connectivity index (χ2n) is 5.19. The van der Waals surface area contributed by atoms with Gasteiger partial charge in [0.25, 0.3) is 0 Å². The van der Waals surface area contributed by atoms with Gasteiger partial charge in [-0.3, -0.25) is 0 Å². The van der Waals surface area contributed by atoms with Gasteiger partial charge in [0, 0.05) is 19.2 Å². The molecule has 109 valence electrons. The topological polar surface area (TPSA) is 3.24 Å². The minimum atomic E-state index is 0.731. The molecule has 0 N–H and O–H groups in total. The smallest absolute Gasteiger partial charge is 0.0646 e. The van der Waals surface area contributed by atoms with Crippen molar-refractivity contribution in [1.82, 2.24) is 0 Å². The van der Waals surface area contributed by atoms with Gasteiger partial charge in [-0.15, -0.1) is 0 Å². The monoisotopic (exact) mass is 306 g/mol. The van der Waals surface area contributed by atoms with Gasteiger partial charge in [-0.25, -0.2) is 0 Å². The molecule has 22 heavy (non-hydrogen) atoms. The van der Waals surface area contributed by atoms with Crippen LogP contribution < -0.4 is 4.90 Å². The van der Waals surface area contributed by atoms with Crippen molar-refractivity contribution in [3.8, 4) is 0 Å². The number of nitrogens with zero attached hydrogens (tertiary/aromatic N) is 1. The number of para-hydroxylation sites is 1. The zero-order valence-electron chi connectivity index (χ0n) is 12.2. The van der Waals surface area contributed by atoms with E-state index in [1.54, 1.807) is 0 Å². The Balaban J connectivity index is 1.90. The SMILES string of the molecule is Clc1ccc[c]c1N(Cc1ccccc1)Cc1ccccc1. The number of anilines is 1. The summed E-state index contributed by atoms with van der Waals surface area (Å²) in [5.41, 5.74) is 3.45. The molecule has 0 saturated heterocycles. The van der Waals surface area contributed by atoms with Crippen LogP contribution in [0.3, 0.4) is 0 Å². The van der Waals surface area contributed by atoms with Crippen LogP contribution in [0.15, 0.2) is 78.9 Å². The highest BCUT2D eigenvalue weighted by Gasteiger charge is 2.11. The maximum Gasteiger partial charge on any atom is 0.0646 e. The third-order valence-electron chi connectivity index (χ3n) is 3.53. The van der Waals surface area contributed by atoms with Crippen LogP contribution in [0.1, 0.15) is 11.1 Å². The van der Waals surface area contributed by atoms with E-state index >= 15 is 0 Å². The highest BCUT2D eigenvalue weighted by Crippen LogP contribution is 2.27. The number of halogens is 1. The summed E-state index contributed by atoms with van der Waals surface area (Å²) in [5, 5.41) is 0.731. The van der Waals surface area contributed by atoms with Crippen LogP contribution in [0.2, 0.25) is 5.02 Å². The minimum absolute atomic E-state index is 0.731. The van der Waals surface area contributed by atoms with Crippen molar-refractivity contribution >= 4 is 17.3 Å². The molecule has 0 heterocycles. The van der Waals surface area contributed by atoms with Crippen molar-refractivity contribution in [2.75, 3.05) is 4.90 Å². The van der Waals surface area contributed by atoms with Crippen molar-refractivity contribution < 1.29 is 0 Å². The summed E-state index contributed by atoms with van der Waals surface area (Å²) in [5.74, 6) is 0. The maximum atomic E-state index is 6.38. The molecule has 0 aliphatic rings. The van der Waals surface area contributed by atoms with Crippen molar-refractivity contribution in [2.24, 2.45) is 0 Å². The van der Waals surface area contributed by atoms with Gasteiger partial charge in [-0.05, 0) is 17.2 Å². The second-order valence-corrected chi connectivity index (χ2v) is 5.60. The molecule has 3 aromatic rings. The molecule has 0 aliphatic carbocycles. The summed E-state index contributed by atoms with van der Waals surface area (Å²) in [7, 11) is 0. The molecule has 0 fully saturated rings. The van der Waals surface area contributed by atoms with Crippen LogP contribution in [0.5, 0.6) is 0 Å². The first-order valence-electron chi connectivity index (χ1n) is 7.32. The lowest BCUT2D eigenvalue weighted by atomic mass is 10.1. The molecular formula is C20H17ClN. The van der Waals surface area contributed by atoms with Crippen LogP contribution in [0, 0.1) is 6.07 Å². The normalized spacial score (nSPS) is 10.4. The van der Waals surface area contributed by atoms with Gasteiger partial charge < -0.3 is 4.90 Å². The summed E-state index contributed by atoms with van der Waals surface area (Å²) in [6, 6.07) is 29.9. The fourth-order valence-corrected chi connectivity index (χ4v) is 2.72. The van der Waals surface area contributed by atoms with Gasteiger partial charge in [0.2, 0.25) is 0 Å². The average Bonchev–Trinajstić information content (AvgIpc) is 2.57. The lowest BCUT2D eigenvalue weighted by molar-refractivity contribution is 0.799. The minimum Gasteiger partial charge on any atom is -0.361 e. The number of rotatable bonds is 5. The molecule has 1 radical (unpaired) electrons. The first-order valence-corrected chi connectivity index (χ1v) is 7.70. The van der Waals surface area contributed by atoms with Gasteiger partial charge in [0.05, 0.1) is 10.7 Å². The highest BCUT2D eigenvalue weighted by molar-refractivity contribution is 6.33. The average molecular weight is 307 g/mol. The summed E-state index contributed by atoms with van der Waals surface area (Å²) in [6.07, 6.45) is 0. The number of hydrogen-bond acceptors (Lipinski definition) is 1.